The van der Waals surface area contributed by atoms with Crippen molar-refractivity contribution in [2.75, 3.05) is 0 Å². The van der Waals surface area contributed by atoms with Gasteiger partial charge in [-0.1, -0.05) is 0 Å². The number of hydrogen-bond donors (Lipinski definition) is 0. The van der Waals surface area contributed by atoms with E-state index in [1.165, 1.54) is 5.92 Å². The van der Waals surface area contributed by atoms with E-state index in [1.807, 2.05) is 51.4 Å². The van der Waals surface area contributed by atoms with Crippen LogP contribution in [-0.2, 0) is 21.9 Å². The Morgan fingerprint density at radius 1 is 0.812 bits per heavy atom. The summed E-state index contributed by atoms with van der Waals surface area (Å²) < 4.78 is 0. The Bertz CT molecular complexity index is 203. The molecule has 0 bridgehead atoms. The third-order valence-electron chi connectivity index (χ3n) is 2.61. The van der Waals surface area contributed by atoms with E-state index in [1.54, 1.807) is 0 Å². The van der Waals surface area contributed by atoms with Gasteiger partial charge < -0.3 is 0 Å². The quantitative estimate of drug-likeness (QED) is 0.607. The predicted molar refractivity (Wildman–Crippen MR) is 59.7 cm³/mol. The van der Waals surface area contributed by atoms with Crippen molar-refractivity contribution in [1.82, 2.24) is 0 Å². The van der Waals surface area contributed by atoms with Gasteiger partial charge in [0.25, 0.3) is 0 Å². The van der Waals surface area contributed by atoms with Crippen LogP contribution in [0, 0.1) is 63.2 Å². The van der Waals surface area contributed by atoms with Crippen molar-refractivity contribution in [2.45, 2.75) is 19.3 Å². The maximum atomic E-state index is 11.1. The van der Waals surface area contributed by atoms with Gasteiger partial charge in [0.15, 0.2) is 0 Å². The molecule has 0 heterocycles. The van der Waals surface area contributed by atoms with Gasteiger partial charge in [0.2, 0.25) is 0 Å². The molecule has 1 nitrogen and oxygen atoms in total. The maximum Gasteiger partial charge on any atom is 0.140 e. The van der Waals surface area contributed by atoms with Crippen LogP contribution in [0.15, 0.2) is 0 Å². The van der Waals surface area contributed by atoms with Crippen molar-refractivity contribution >= 4 is 5.78 Å². The minimum absolute atomic E-state index is 0. The number of rotatable bonds is 0. The van der Waals surface area contributed by atoms with Crippen molar-refractivity contribution in [3.63, 3.8) is 0 Å². The summed E-state index contributed by atoms with van der Waals surface area (Å²) in [7, 11) is 0. The van der Waals surface area contributed by atoms with Crippen LogP contribution in [0.2, 0.25) is 0 Å². The third-order valence-corrected chi connectivity index (χ3v) is 2.61. The van der Waals surface area contributed by atoms with E-state index in [-0.39, 0.29) is 17.1 Å². The van der Waals surface area contributed by atoms with Crippen LogP contribution < -0.4 is 0 Å². The molecular weight excluding hydrogens is 240 g/mol. The SMILES string of the molecule is O=C1CCC[C]2[CH][CH][CH][C]21.[CH]1[CH][CH][CH][CH]1.[Fe]. The first-order chi connectivity index (χ1) is 7.38. The van der Waals surface area contributed by atoms with Gasteiger partial charge in [-0.25, -0.2) is 0 Å². The molecule has 0 unspecified atom stereocenters. The van der Waals surface area contributed by atoms with E-state index in [0.717, 1.165) is 25.2 Å². The van der Waals surface area contributed by atoms with Crippen LogP contribution in [0.4, 0.5) is 0 Å². The molecular formula is C14H14FeO. The van der Waals surface area contributed by atoms with E-state index >= 15 is 0 Å². The summed E-state index contributed by atoms with van der Waals surface area (Å²) in [6.07, 6.45) is 18.8. The molecule has 16 heavy (non-hydrogen) atoms. The summed E-state index contributed by atoms with van der Waals surface area (Å²) in [5.74, 6) is 2.54. The summed E-state index contributed by atoms with van der Waals surface area (Å²) in [5.41, 5.74) is 0. The second-order valence-electron chi connectivity index (χ2n) is 3.70. The van der Waals surface area contributed by atoms with Crippen LogP contribution in [-0.4, -0.2) is 5.78 Å². The van der Waals surface area contributed by atoms with Crippen molar-refractivity contribution in [3.8, 4) is 0 Å². The van der Waals surface area contributed by atoms with Gasteiger partial charge in [0.05, 0.1) is 5.92 Å². The molecule has 0 N–H and O–H groups in total. The van der Waals surface area contributed by atoms with Crippen LogP contribution in [0.1, 0.15) is 19.3 Å². The van der Waals surface area contributed by atoms with E-state index in [4.69, 9.17) is 0 Å². The number of Topliss-reactive ketones (excluding diaryl/α,β-unsaturated/α-hetero) is 1. The van der Waals surface area contributed by atoms with Gasteiger partial charge in [0, 0.05) is 23.5 Å². The Labute approximate surface area is 110 Å². The summed E-state index contributed by atoms with van der Waals surface area (Å²) in [6, 6.07) is 0. The summed E-state index contributed by atoms with van der Waals surface area (Å²) in [6.45, 7) is 0. The van der Waals surface area contributed by atoms with Gasteiger partial charge in [-0.05, 0) is 70.1 Å². The van der Waals surface area contributed by atoms with Crippen molar-refractivity contribution in [3.05, 3.63) is 63.2 Å². The Kier molecular flexibility index (Phi) is 6.68. The molecule has 10 radical (unpaired) electrons. The Morgan fingerprint density at radius 2 is 1.44 bits per heavy atom. The minimum atomic E-state index is 0. The van der Waals surface area contributed by atoms with E-state index in [2.05, 4.69) is 0 Å². The largest absolute Gasteiger partial charge is 0.299 e. The van der Waals surface area contributed by atoms with Crippen LogP contribution in [0.3, 0.4) is 0 Å². The zero-order valence-corrected chi connectivity index (χ0v) is 10.1. The van der Waals surface area contributed by atoms with Gasteiger partial charge in [-0.3, -0.25) is 4.79 Å². The molecule has 0 amide bonds. The fourth-order valence-corrected chi connectivity index (χ4v) is 1.84. The Morgan fingerprint density at radius 3 is 2.00 bits per heavy atom. The minimum Gasteiger partial charge on any atom is -0.299 e. The number of fused-ring (bicyclic) bond motifs is 1. The molecule has 3 rings (SSSR count). The second-order valence-corrected chi connectivity index (χ2v) is 3.70. The first-order valence-electron chi connectivity index (χ1n) is 5.32. The molecule has 0 aromatic heterocycles. The zero-order chi connectivity index (χ0) is 10.5. The van der Waals surface area contributed by atoms with Crippen molar-refractivity contribution in [1.29, 1.82) is 0 Å². The molecule has 0 spiro atoms. The third kappa shape index (κ3) is 3.89. The summed E-state index contributed by atoms with van der Waals surface area (Å²) in [4.78, 5) is 11.1. The van der Waals surface area contributed by atoms with Crippen LogP contribution >= 0.6 is 0 Å². The molecule has 3 fully saturated rings. The van der Waals surface area contributed by atoms with E-state index in [9.17, 15) is 4.79 Å². The van der Waals surface area contributed by atoms with E-state index < -0.39 is 0 Å². The van der Waals surface area contributed by atoms with Gasteiger partial charge in [0.1, 0.15) is 5.78 Å². The number of carbonyl (C=O) groups is 1. The molecule has 3 aliphatic carbocycles. The average molecular weight is 254 g/mol. The molecule has 0 atom stereocenters. The molecule has 3 aliphatic rings. The molecule has 0 aliphatic heterocycles. The Hall–Kier alpha value is 0.189. The molecule has 3 saturated carbocycles. The summed E-state index contributed by atoms with van der Waals surface area (Å²) >= 11 is 0. The van der Waals surface area contributed by atoms with Crippen molar-refractivity contribution in [2.24, 2.45) is 0 Å². The molecule has 0 aromatic carbocycles. The standard InChI is InChI=1S/C9H9O.C5H5.Fe/c10-9-6-2-4-7-3-1-5-8(7)9;1-2-4-5-3-1;/h1,3,5H,2,4,6H2;1-5H;. The van der Waals surface area contributed by atoms with Crippen molar-refractivity contribution < 1.29 is 21.9 Å². The second kappa shape index (κ2) is 7.50. The van der Waals surface area contributed by atoms with Crippen LogP contribution in [0.25, 0.3) is 0 Å². The first kappa shape index (κ1) is 14.3. The first-order valence-corrected chi connectivity index (χ1v) is 5.32. The fraction of sp³-hybridized carbons (Fsp3) is 0.214. The maximum absolute atomic E-state index is 11.1. The van der Waals surface area contributed by atoms with E-state index in [0.29, 0.717) is 5.78 Å². The molecule has 0 saturated heterocycles. The molecule has 0 aromatic rings. The fourth-order valence-electron chi connectivity index (χ4n) is 1.84. The average Bonchev–Trinajstić information content (AvgIpc) is 2.93. The van der Waals surface area contributed by atoms with Crippen LogP contribution in [0.5, 0.6) is 0 Å². The molecule has 84 valence electrons. The number of hydrogen-bond acceptors (Lipinski definition) is 1. The van der Waals surface area contributed by atoms with Gasteiger partial charge in [-0.15, -0.1) is 0 Å². The smallest absolute Gasteiger partial charge is 0.140 e. The number of carbonyl (C=O) groups excluding carboxylic acids is 1. The Balaban J connectivity index is 0.000000183. The molecule has 2 heteroatoms. The summed E-state index contributed by atoms with van der Waals surface area (Å²) in [5, 5.41) is 0. The topological polar surface area (TPSA) is 17.1 Å². The van der Waals surface area contributed by atoms with Gasteiger partial charge in [-0.2, -0.15) is 0 Å². The zero-order valence-electron chi connectivity index (χ0n) is 9.00. The number of ketones is 1. The predicted octanol–water partition coefficient (Wildman–Crippen LogP) is 2.53. The van der Waals surface area contributed by atoms with Gasteiger partial charge >= 0.3 is 0 Å². The monoisotopic (exact) mass is 254 g/mol. The normalized spacial score (nSPS) is 25.6.